The topological polar surface area (TPSA) is 106 Å². The number of fused-ring (bicyclic) bond motifs is 1. The van der Waals surface area contributed by atoms with Crippen molar-refractivity contribution in [3.63, 3.8) is 0 Å². The normalized spacial score (nSPS) is 15.0. The van der Waals surface area contributed by atoms with Gasteiger partial charge in [0.05, 0.1) is 18.2 Å². The van der Waals surface area contributed by atoms with Crippen molar-refractivity contribution in [2.75, 3.05) is 11.5 Å². The van der Waals surface area contributed by atoms with Crippen LogP contribution in [0, 0.1) is 6.92 Å². The highest BCUT2D eigenvalue weighted by Gasteiger charge is 2.46. The van der Waals surface area contributed by atoms with E-state index in [-0.39, 0.29) is 16.5 Å². The van der Waals surface area contributed by atoms with Crippen LogP contribution in [0.15, 0.2) is 99.0 Å². The van der Waals surface area contributed by atoms with E-state index in [0.717, 1.165) is 30.2 Å². The first-order chi connectivity index (χ1) is 21.4. The number of nitrogens with zero attached hydrogens (tertiary/aromatic N) is 3. The van der Waals surface area contributed by atoms with Crippen molar-refractivity contribution < 1.29 is 23.8 Å². The summed E-state index contributed by atoms with van der Waals surface area (Å²) in [6.07, 6.45) is 3.14. The number of carbonyl (C=O) groups is 2. The van der Waals surface area contributed by atoms with Crippen molar-refractivity contribution in [2.45, 2.75) is 49.2 Å². The Bertz CT molecular complexity index is 1790. The third kappa shape index (κ3) is 6.13. The SMILES string of the molecule is CCCCCOc1ccc(C2C(C(=O)c3cc4ccccc4o3)=C(O)C(=O)N2c2nnc(SCc3ccc(C)cc3)s2)cc1. The maximum atomic E-state index is 13.9. The van der Waals surface area contributed by atoms with Gasteiger partial charge in [-0.25, -0.2) is 0 Å². The lowest BCUT2D eigenvalue weighted by Gasteiger charge is -2.24. The predicted octanol–water partition coefficient (Wildman–Crippen LogP) is 8.24. The Hall–Kier alpha value is -4.41. The number of Topliss-reactive ketones (excluding diaryl/α,β-unsaturated/α-hetero) is 1. The van der Waals surface area contributed by atoms with E-state index in [1.165, 1.54) is 33.6 Å². The standard InChI is InChI=1S/C34H31N3O5S2/c1-3-4-7-18-41-25-16-14-23(15-17-25)29-28(30(38)27-19-24-8-5-6-9-26(24)42-27)31(39)32(40)37(29)33-35-36-34(44-33)43-20-22-12-10-21(2)11-13-22/h5-6,8-17,19,29,39H,3-4,7,18,20H2,1-2H3. The number of para-hydroxylation sites is 1. The van der Waals surface area contributed by atoms with E-state index in [1.54, 1.807) is 24.3 Å². The molecule has 0 spiro atoms. The number of unbranched alkanes of at least 4 members (excludes halogenated alkanes) is 2. The van der Waals surface area contributed by atoms with E-state index in [9.17, 15) is 14.7 Å². The molecule has 0 fully saturated rings. The van der Waals surface area contributed by atoms with Gasteiger partial charge >= 0.3 is 0 Å². The number of aliphatic hydroxyl groups is 1. The second kappa shape index (κ2) is 13.1. The average Bonchev–Trinajstić information content (AvgIpc) is 3.75. The second-order valence-electron chi connectivity index (χ2n) is 10.6. The molecular formula is C34H31N3O5S2. The minimum absolute atomic E-state index is 0.0369. The fourth-order valence-electron chi connectivity index (χ4n) is 5.05. The lowest BCUT2D eigenvalue weighted by molar-refractivity contribution is -0.117. The molecule has 5 aromatic rings. The van der Waals surface area contributed by atoms with E-state index in [0.29, 0.717) is 33.6 Å². The van der Waals surface area contributed by atoms with E-state index in [2.05, 4.69) is 41.4 Å². The molecule has 44 heavy (non-hydrogen) atoms. The molecule has 0 bridgehead atoms. The number of ether oxygens (including phenoxy) is 1. The zero-order valence-corrected chi connectivity index (χ0v) is 26.0. The molecule has 1 unspecified atom stereocenters. The van der Waals surface area contributed by atoms with Crippen molar-refractivity contribution in [3.8, 4) is 5.75 Å². The number of rotatable bonds is 12. The fourth-order valence-corrected chi connectivity index (χ4v) is 6.88. The summed E-state index contributed by atoms with van der Waals surface area (Å²) in [4.78, 5) is 28.9. The third-order valence-corrected chi connectivity index (χ3v) is 9.53. The highest BCUT2D eigenvalue weighted by Crippen LogP contribution is 2.44. The first kappa shape index (κ1) is 29.7. The number of ketones is 1. The highest BCUT2D eigenvalue weighted by atomic mass is 32.2. The maximum Gasteiger partial charge on any atom is 0.296 e. The molecule has 8 nitrogen and oxygen atoms in total. The largest absolute Gasteiger partial charge is 0.503 e. The molecule has 10 heteroatoms. The van der Waals surface area contributed by atoms with Gasteiger partial charge in [0.2, 0.25) is 10.9 Å². The van der Waals surface area contributed by atoms with Crippen LogP contribution in [0.5, 0.6) is 5.75 Å². The number of hydrogen-bond acceptors (Lipinski definition) is 9. The molecule has 0 saturated heterocycles. The van der Waals surface area contributed by atoms with Gasteiger partial charge in [0.15, 0.2) is 15.9 Å². The number of hydrogen-bond donors (Lipinski definition) is 1. The Morgan fingerprint density at radius 3 is 2.57 bits per heavy atom. The molecular weight excluding hydrogens is 595 g/mol. The molecule has 1 amide bonds. The minimum Gasteiger partial charge on any atom is -0.503 e. The number of thioether (sulfide) groups is 1. The summed E-state index contributed by atoms with van der Waals surface area (Å²) in [7, 11) is 0. The molecule has 1 aliphatic rings. The first-order valence-electron chi connectivity index (χ1n) is 14.5. The van der Waals surface area contributed by atoms with Crippen LogP contribution in [0.25, 0.3) is 11.0 Å². The zero-order chi connectivity index (χ0) is 30.6. The monoisotopic (exact) mass is 625 g/mol. The lowest BCUT2D eigenvalue weighted by atomic mass is 9.95. The van der Waals surface area contributed by atoms with Gasteiger partial charge in [-0.15, -0.1) is 10.2 Å². The molecule has 1 N–H and O–H groups in total. The Morgan fingerprint density at radius 2 is 1.82 bits per heavy atom. The maximum absolute atomic E-state index is 13.9. The molecule has 3 aromatic carbocycles. The summed E-state index contributed by atoms with van der Waals surface area (Å²) < 4.78 is 12.4. The molecule has 3 heterocycles. The van der Waals surface area contributed by atoms with E-state index in [1.807, 2.05) is 37.3 Å². The second-order valence-corrected chi connectivity index (χ2v) is 12.7. The van der Waals surface area contributed by atoms with Gasteiger partial charge in [0.1, 0.15) is 11.3 Å². The summed E-state index contributed by atoms with van der Waals surface area (Å²) in [5, 5.41) is 20.8. The average molecular weight is 626 g/mol. The Labute approximate surface area is 263 Å². The van der Waals surface area contributed by atoms with Crippen LogP contribution in [0.4, 0.5) is 5.13 Å². The van der Waals surface area contributed by atoms with Crippen molar-refractivity contribution in [1.82, 2.24) is 10.2 Å². The van der Waals surface area contributed by atoms with Crippen molar-refractivity contribution >= 4 is 50.9 Å². The number of furan rings is 1. The quantitative estimate of drug-likeness (QED) is 0.0640. The van der Waals surface area contributed by atoms with Crippen molar-refractivity contribution in [3.05, 3.63) is 113 Å². The number of aromatic nitrogens is 2. The Kier molecular flexibility index (Phi) is 8.81. The van der Waals surface area contributed by atoms with Gasteiger partial charge in [-0.3, -0.25) is 14.5 Å². The summed E-state index contributed by atoms with van der Waals surface area (Å²) in [6, 6.07) is 23.4. The van der Waals surface area contributed by atoms with Crippen molar-refractivity contribution in [2.24, 2.45) is 0 Å². The number of aliphatic hydroxyl groups excluding tert-OH is 1. The smallest absolute Gasteiger partial charge is 0.296 e. The molecule has 1 aliphatic heterocycles. The molecule has 6 rings (SSSR count). The van der Waals surface area contributed by atoms with E-state index >= 15 is 0 Å². The third-order valence-electron chi connectivity index (χ3n) is 7.40. The summed E-state index contributed by atoms with van der Waals surface area (Å²) in [6.45, 7) is 4.79. The van der Waals surface area contributed by atoms with Gasteiger partial charge in [-0.2, -0.15) is 0 Å². The fraction of sp³-hybridized carbons (Fsp3) is 0.235. The molecule has 0 saturated carbocycles. The Balaban J connectivity index is 1.32. The van der Waals surface area contributed by atoms with E-state index < -0.39 is 23.5 Å². The van der Waals surface area contributed by atoms with Crippen LogP contribution in [0.1, 0.15) is 59.5 Å². The summed E-state index contributed by atoms with van der Waals surface area (Å²) >= 11 is 2.75. The summed E-state index contributed by atoms with van der Waals surface area (Å²) in [5.74, 6) is -0.520. The highest BCUT2D eigenvalue weighted by molar-refractivity contribution is 8.00. The van der Waals surface area contributed by atoms with Crippen LogP contribution < -0.4 is 9.64 Å². The van der Waals surface area contributed by atoms with Gasteiger partial charge in [-0.1, -0.05) is 103 Å². The first-order valence-corrected chi connectivity index (χ1v) is 16.3. The molecule has 224 valence electrons. The lowest BCUT2D eigenvalue weighted by Crippen LogP contribution is -2.31. The minimum atomic E-state index is -0.944. The van der Waals surface area contributed by atoms with E-state index in [4.69, 9.17) is 9.15 Å². The zero-order valence-electron chi connectivity index (χ0n) is 24.4. The van der Waals surface area contributed by atoms with Crippen LogP contribution in [0.2, 0.25) is 0 Å². The number of aryl methyl sites for hydroxylation is 1. The Morgan fingerprint density at radius 1 is 1.05 bits per heavy atom. The van der Waals surface area contributed by atoms with Crippen LogP contribution in [-0.2, 0) is 10.5 Å². The predicted molar refractivity (Wildman–Crippen MR) is 173 cm³/mol. The molecule has 0 radical (unpaired) electrons. The molecule has 1 atom stereocenters. The summed E-state index contributed by atoms with van der Waals surface area (Å²) in [5.41, 5.74) is 3.41. The molecule has 2 aromatic heterocycles. The van der Waals surface area contributed by atoms with Gasteiger partial charge in [0, 0.05) is 11.1 Å². The van der Waals surface area contributed by atoms with Gasteiger partial charge in [0.25, 0.3) is 5.91 Å². The molecule has 0 aliphatic carbocycles. The number of anilines is 1. The number of carbonyl (C=O) groups excluding carboxylic acids is 2. The van der Waals surface area contributed by atoms with Crippen LogP contribution in [0.3, 0.4) is 0 Å². The van der Waals surface area contributed by atoms with Crippen LogP contribution in [-0.4, -0.2) is 33.6 Å². The van der Waals surface area contributed by atoms with Crippen molar-refractivity contribution in [1.29, 1.82) is 0 Å². The van der Waals surface area contributed by atoms with Gasteiger partial charge in [-0.05, 0) is 48.7 Å². The number of amides is 1. The van der Waals surface area contributed by atoms with Gasteiger partial charge < -0.3 is 14.3 Å². The number of benzene rings is 3. The van der Waals surface area contributed by atoms with Crippen LogP contribution >= 0.6 is 23.1 Å².